The van der Waals surface area contributed by atoms with Crippen LogP contribution in [0.2, 0.25) is 0 Å². The zero-order valence-electron chi connectivity index (χ0n) is 10.9. The fourth-order valence-corrected chi connectivity index (χ4v) is 3.65. The van der Waals surface area contributed by atoms with Crippen molar-refractivity contribution in [3.63, 3.8) is 0 Å². The Kier molecular flexibility index (Phi) is 2.63. The standard InChI is InChI=1S/C16H14N2OS/c17-16-14(13-5-2-8-20-13)15(19-18-16)12-7-6-10-3-1-4-11(10)9-12/h2,5-9H,1,3-4H2,(H2,17,18). The molecule has 0 radical (unpaired) electrons. The first-order chi connectivity index (χ1) is 9.83. The van der Waals surface area contributed by atoms with Crippen molar-refractivity contribution in [1.82, 2.24) is 5.16 Å². The molecule has 20 heavy (non-hydrogen) atoms. The monoisotopic (exact) mass is 282 g/mol. The van der Waals surface area contributed by atoms with Gasteiger partial charge in [-0.2, -0.15) is 0 Å². The molecule has 2 N–H and O–H groups in total. The van der Waals surface area contributed by atoms with Crippen LogP contribution in [0, 0.1) is 0 Å². The average molecular weight is 282 g/mol. The second kappa shape index (κ2) is 4.49. The van der Waals surface area contributed by atoms with Crippen molar-refractivity contribution in [2.75, 3.05) is 5.73 Å². The first-order valence-electron chi connectivity index (χ1n) is 6.74. The molecule has 0 aliphatic heterocycles. The van der Waals surface area contributed by atoms with Crippen LogP contribution in [0.15, 0.2) is 40.2 Å². The normalized spacial score (nSPS) is 13.6. The minimum absolute atomic E-state index is 0.461. The van der Waals surface area contributed by atoms with Crippen molar-refractivity contribution < 1.29 is 4.52 Å². The SMILES string of the molecule is Nc1noc(-c2ccc3c(c2)CCC3)c1-c1cccs1. The Balaban J connectivity index is 1.87. The van der Waals surface area contributed by atoms with Crippen LogP contribution >= 0.6 is 11.3 Å². The van der Waals surface area contributed by atoms with Crippen LogP contribution in [-0.2, 0) is 12.8 Å². The molecule has 4 rings (SSSR count). The number of aromatic nitrogens is 1. The largest absolute Gasteiger partial charge is 0.380 e. The lowest BCUT2D eigenvalue weighted by Gasteiger charge is -2.04. The molecule has 0 unspecified atom stereocenters. The van der Waals surface area contributed by atoms with E-state index in [0.29, 0.717) is 5.82 Å². The van der Waals surface area contributed by atoms with Gasteiger partial charge in [-0.15, -0.1) is 11.3 Å². The van der Waals surface area contributed by atoms with Gasteiger partial charge < -0.3 is 10.3 Å². The molecule has 2 heterocycles. The number of nitrogen functional groups attached to an aromatic ring is 1. The van der Waals surface area contributed by atoms with E-state index in [1.165, 1.54) is 24.0 Å². The molecule has 0 saturated carbocycles. The lowest BCUT2D eigenvalue weighted by molar-refractivity contribution is 0.436. The van der Waals surface area contributed by atoms with Gasteiger partial charge >= 0.3 is 0 Å². The van der Waals surface area contributed by atoms with Crippen LogP contribution in [0.4, 0.5) is 5.82 Å². The molecule has 1 aliphatic carbocycles. The number of fused-ring (bicyclic) bond motifs is 1. The molecule has 3 aromatic rings. The second-order valence-corrected chi connectivity index (χ2v) is 6.03. The van der Waals surface area contributed by atoms with Gasteiger partial charge in [0.25, 0.3) is 0 Å². The Morgan fingerprint density at radius 3 is 2.90 bits per heavy atom. The molecular formula is C16H14N2OS. The van der Waals surface area contributed by atoms with Crippen LogP contribution in [-0.4, -0.2) is 5.16 Å². The number of anilines is 1. The number of aryl methyl sites for hydroxylation is 2. The van der Waals surface area contributed by atoms with E-state index in [1.54, 1.807) is 11.3 Å². The van der Waals surface area contributed by atoms with E-state index in [-0.39, 0.29) is 0 Å². The summed E-state index contributed by atoms with van der Waals surface area (Å²) < 4.78 is 5.50. The van der Waals surface area contributed by atoms with Gasteiger partial charge in [-0.05, 0) is 47.9 Å². The smallest absolute Gasteiger partial charge is 0.177 e. The summed E-state index contributed by atoms with van der Waals surface area (Å²) in [6.45, 7) is 0. The van der Waals surface area contributed by atoms with Gasteiger partial charge in [-0.25, -0.2) is 0 Å². The highest BCUT2D eigenvalue weighted by molar-refractivity contribution is 7.13. The van der Waals surface area contributed by atoms with Gasteiger partial charge in [0.1, 0.15) is 0 Å². The first kappa shape index (κ1) is 11.7. The Labute approximate surface area is 121 Å². The molecule has 2 aromatic heterocycles. The van der Waals surface area contributed by atoms with E-state index in [0.717, 1.165) is 28.2 Å². The Morgan fingerprint density at radius 1 is 1.15 bits per heavy atom. The van der Waals surface area contributed by atoms with E-state index in [2.05, 4.69) is 23.4 Å². The first-order valence-corrected chi connectivity index (χ1v) is 7.62. The third-order valence-electron chi connectivity index (χ3n) is 3.85. The number of benzene rings is 1. The van der Waals surface area contributed by atoms with Gasteiger partial charge in [-0.3, -0.25) is 0 Å². The van der Waals surface area contributed by atoms with Crippen molar-refractivity contribution in [3.05, 3.63) is 46.8 Å². The van der Waals surface area contributed by atoms with Gasteiger partial charge in [-0.1, -0.05) is 23.4 Å². The summed E-state index contributed by atoms with van der Waals surface area (Å²) in [6.07, 6.45) is 3.59. The van der Waals surface area contributed by atoms with Gasteiger partial charge in [0.15, 0.2) is 11.6 Å². The second-order valence-electron chi connectivity index (χ2n) is 5.09. The molecule has 0 atom stereocenters. The van der Waals surface area contributed by atoms with Crippen LogP contribution < -0.4 is 5.73 Å². The van der Waals surface area contributed by atoms with Crippen LogP contribution in [0.5, 0.6) is 0 Å². The highest BCUT2D eigenvalue weighted by atomic mass is 32.1. The Hall–Kier alpha value is -2.07. The van der Waals surface area contributed by atoms with Crippen molar-refractivity contribution in [3.8, 4) is 21.8 Å². The lowest BCUT2D eigenvalue weighted by Crippen LogP contribution is -1.88. The Morgan fingerprint density at radius 2 is 2.05 bits per heavy atom. The predicted octanol–water partition coefficient (Wildman–Crippen LogP) is 4.14. The molecule has 0 spiro atoms. The fourth-order valence-electron chi connectivity index (χ4n) is 2.87. The number of nitrogens with zero attached hydrogens (tertiary/aromatic N) is 1. The highest BCUT2D eigenvalue weighted by Gasteiger charge is 2.20. The molecule has 0 saturated heterocycles. The number of rotatable bonds is 2. The number of nitrogens with two attached hydrogens (primary N) is 1. The molecular weight excluding hydrogens is 268 g/mol. The van der Waals surface area contributed by atoms with Gasteiger partial charge in [0, 0.05) is 10.4 Å². The van der Waals surface area contributed by atoms with Crippen molar-refractivity contribution in [1.29, 1.82) is 0 Å². The maximum absolute atomic E-state index is 5.98. The summed E-state index contributed by atoms with van der Waals surface area (Å²) >= 11 is 1.65. The molecule has 0 bridgehead atoms. The summed E-state index contributed by atoms with van der Waals surface area (Å²) in [5.74, 6) is 1.24. The van der Waals surface area contributed by atoms with E-state index in [1.807, 2.05) is 17.5 Å². The van der Waals surface area contributed by atoms with Gasteiger partial charge in [0.05, 0.1) is 5.56 Å². The average Bonchev–Trinajstić information content (AvgIpc) is 3.17. The van der Waals surface area contributed by atoms with E-state index >= 15 is 0 Å². The Bertz CT molecular complexity index is 759. The molecule has 0 fully saturated rings. The highest BCUT2D eigenvalue weighted by Crippen LogP contribution is 2.39. The maximum Gasteiger partial charge on any atom is 0.177 e. The van der Waals surface area contributed by atoms with E-state index in [4.69, 9.17) is 10.3 Å². The van der Waals surface area contributed by atoms with Crippen molar-refractivity contribution in [2.45, 2.75) is 19.3 Å². The molecule has 1 aromatic carbocycles. The molecule has 100 valence electrons. The number of thiophene rings is 1. The third kappa shape index (κ3) is 1.76. The van der Waals surface area contributed by atoms with Crippen LogP contribution in [0.1, 0.15) is 17.5 Å². The number of hydrogen-bond acceptors (Lipinski definition) is 4. The summed E-state index contributed by atoms with van der Waals surface area (Å²) in [4.78, 5) is 1.10. The third-order valence-corrected chi connectivity index (χ3v) is 4.73. The molecule has 4 heteroatoms. The summed E-state index contributed by atoms with van der Waals surface area (Å²) in [5, 5.41) is 5.99. The van der Waals surface area contributed by atoms with Gasteiger partial charge in [0.2, 0.25) is 0 Å². The minimum Gasteiger partial charge on any atom is -0.380 e. The van der Waals surface area contributed by atoms with Crippen molar-refractivity contribution >= 4 is 17.2 Å². The zero-order chi connectivity index (χ0) is 13.5. The fraction of sp³-hybridized carbons (Fsp3) is 0.188. The molecule has 1 aliphatic rings. The molecule has 3 nitrogen and oxygen atoms in total. The van der Waals surface area contributed by atoms with E-state index in [9.17, 15) is 0 Å². The van der Waals surface area contributed by atoms with Crippen molar-refractivity contribution in [2.24, 2.45) is 0 Å². The summed E-state index contributed by atoms with van der Waals surface area (Å²) in [6, 6.07) is 10.6. The maximum atomic E-state index is 5.98. The predicted molar refractivity (Wildman–Crippen MR) is 81.7 cm³/mol. The summed E-state index contributed by atoms with van der Waals surface area (Å²) in [7, 11) is 0. The topological polar surface area (TPSA) is 52.0 Å². The lowest BCUT2D eigenvalue weighted by atomic mass is 10.0. The quantitative estimate of drug-likeness (QED) is 0.768. The van der Waals surface area contributed by atoms with Crippen LogP contribution in [0.3, 0.4) is 0 Å². The van der Waals surface area contributed by atoms with Crippen LogP contribution in [0.25, 0.3) is 21.8 Å². The zero-order valence-corrected chi connectivity index (χ0v) is 11.7. The molecule has 0 amide bonds. The van der Waals surface area contributed by atoms with E-state index < -0.39 is 0 Å². The number of hydrogen-bond donors (Lipinski definition) is 1. The minimum atomic E-state index is 0.461. The summed E-state index contributed by atoms with van der Waals surface area (Å²) in [5.41, 5.74) is 10.8.